The summed E-state index contributed by atoms with van der Waals surface area (Å²) in [7, 11) is 0. The summed E-state index contributed by atoms with van der Waals surface area (Å²) >= 11 is 7.19. The number of hydrogen-bond acceptors (Lipinski definition) is 2. The second-order valence-corrected chi connectivity index (χ2v) is 21.6. The van der Waals surface area contributed by atoms with E-state index in [1.54, 1.807) is 0 Å². The Hall–Kier alpha value is -0.0713. The van der Waals surface area contributed by atoms with Crippen molar-refractivity contribution in [2.75, 3.05) is 0 Å². The Labute approximate surface area is 175 Å². The Morgan fingerprint density at radius 1 is 1.00 bits per heavy atom. The molecule has 0 aliphatic heterocycles. The second-order valence-electron chi connectivity index (χ2n) is 7.24. The monoisotopic (exact) mass is 547 g/mol. The van der Waals surface area contributed by atoms with Gasteiger partial charge in [-0.25, -0.2) is 0 Å². The third-order valence-electron chi connectivity index (χ3n) is 5.22. The van der Waals surface area contributed by atoms with E-state index in [4.69, 9.17) is 16.7 Å². The molecule has 1 aromatic carbocycles. The molecule has 0 amide bonds. The van der Waals surface area contributed by atoms with Crippen molar-refractivity contribution in [1.29, 1.82) is 0 Å². The predicted molar refractivity (Wildman–Crippen MR) is 119 cm³/mol. The molecule has 0 bridgehead atoms. The van der Waals surface area contributed by atoms with Crippen molar-refractivity contribution >= 4 is 49.6 Å². The summed E-state index contributed by atoms with van der Waals surface area (Å²) in [6.07, 6.45) is 10.0. The molecule has 6 heteroatoms. The molecule has 26 heavy (non-hydrogen) atoms. The van der Waals surface area contributed by atoms with Crippen LogP contribution in [-0.4, -0.2) is 33.4 Å². The topological polar surface area (TPSA) is 30.7 Å². The molecule has 0 aliphatic carbocycles. The van der Waals surface area contributed by atoms with Gasteiger partial charge in [0, 0.05) is 0 Å². The summed E-state index contributed by atoms with van der Waals surface area (Å²) in [5, 5.41) is 9.98. The molecule has 0 aliphatic rings. The SMILES string of the molecule is CCC[CH2][Sn]([CH2]CCC)([CH2]CCC)[c]1cn(-c2ccc(Cl)cc2Br)nn1. The maximum atomic E-state index is 6.09. The van der Waals surface area contributed by atoms with E-state index in [0.717, 1.165) is 15.2 Å². The Morgan fingerprint density at radius 2 is 1.58 bits per heavy atom. The molecule has 2 rings (SSSR count). The van der Waals surface area contributed by atoms with Gasteiger partial charge in [-0.05, 0) is 0 Å². The number of rotatable bonds is 11. The van der Waals surface area contributed by atoms with Crippen LogP contribution in [0.1, 0.15) is 59.3 Å². The quantitative estimate of drug-likeness (QED) is 0.292. The molecule has 144 valence electrons. The van der Waals surface area contributed by atoms with Crippen LogP contribution in [0.4, 0.5) is 0 Å². The van der Waals surface area contributed by atoms with Gasteiger partial charge in [0.1, 0.15) is 0 Å². The summed E-state index contributed by atoms with van der Waals surface area (Å²) < 4.78 is 8.48. The summed E-state index contributed by atoms with van der Waals surface area (Å²) in [6.45, 7) is 6.91. The van der Waals surface area contributed by atoms with Crippen LogP contribution in [0.2, 0.25) is 18.3 Å². The molecule has 1 heterocycles. The van der Waals surface area contributed by atoms with Crippen molar-refractivity contribution < 1.29 is 0 Å². The molecule has 0 saturated carbocycles. The fraction of sp³-hybridized carbons (Fsp3) is 0.600. The van der Waals surface area contributed by atoms with Crippen LogP contribution in [0.15, 0.2) is 28.9 Å². The molecular formula is C20H31BrClN3Sn. The van der Waals surface area contributed by atoms with Gasteiger partial charge in [-0.3, -0.25) is 0 Å². The van der Waals surface area contributed by atoms with Crippen molar-refractivity contribution in [1.82, 2.24) is 15.0 Å². The van der Waals surface area contributed by atoms with Crippen LogP contribution in [0.3, 0.4) is 0 Å². The second kappa shape index (κ2) is 11.1. The van der Waals surface area contributed by atoms with Gasteiger partial charge in [0.2, 0.25) is 0 Å². The number of hydrogen-bond donors (Lipinski definition) is 0. The van der Waals surface area contributed by atoms with E-state index in [1.807, 2.05) is 22.9 Å². The van der Waals surface area contributed by atoms with Gasteiger partial charge in [0.15, 0.2) is 0 Å². The maximum absolute atomic E-state index is 6.09. The zero-order valence-electron chi connectivity index (χ0n) is 16.3. The summed E-state index contributed by atoms with van der Waals surface area (Å²) in [5.74, 6) is 0. The van der Waals surface area contributed by atoms with Crippen molar-refractivity contribution in [3.05, 3.63) is 33.9 Å². The minimum absolute atomic E-state index is 0.725. The normalized spacial score (nSPS) is 11.9. The van der Waals surface area contributed by atoms with Crippen molar-refractivity contribution in [3.8, 4) is 5.69 Å². The number of unbranched alkanes of at least 4 members (excludes halogenated alkanes) is 3. The Balaban J connectivity index is 2.38. The van der Waals surface area contributed by atoms with E-state index in [0.29, 0.717) is 0 Å². The molecule has 0 atom stereocenters. The van der Waals surface area contributed by atoms with E-state index >= 15 is 0 Å². The standard InChI is InChI=1S/C8H4BrClN3.3C4H9.Sn/c9-7-5-6(10)1-2-8(7)13-4-3-11-12-13;3*1-3-4-2;/h1-2,4-5H;3*1,3-4H2,2H3;. The molecule has 0 unspecified atom stereocenters. The molecule has 0 spiro atoms. The first kappa shape index (κ1) is 22.2. The Bertz CT molecular complexity index is 668. The molecule has 3 nitrogen and oxygen atoms in total. The van der Waals surface area contributed by atoms with Gasteiger partial charge in [-0.15, -0.1) is 0 Å². The van der Waals surface area contributed by atoms with Crippen molar-refractivity contribution in [2.45, 2.75) is 72.6 Å². The fourth-order valence-electron chi connectivity index (χ4n) is 3.60. The Kier molecular flexibility index (Phi) is 9.45. The zero-order valence-corrected chi connectivity index (χ0v) is 21.5. The van der Waals surface area contributed by atoms with Crippen LogP contribution in [0.25, 0.3) is 5.69 Å². The molecule has 2 aromatic rings. The van der Waals surface area contributed by atoms with Crippen molar-refractivity contribution in [2.24, 2.45) is 0 Å². The van der Waals surface area contributed by atoms with Gasteiger partial charge in [-0.1, -0.05) is 0 Å². The minimum atomic E-state index is -2.51. The van der Waals surface area contributed by atoms with Gasteiger partial charge in [-0.2, -0.15) is 0 Å². The average molecular weight is 548 g/mol. The fourth-order valence-corrected chi connectivity index (χ4v) is 19.5. The van der Waals surface area contributed by atoms with Gasteiger partial charge >= 0.3 is 177 Å². The molecule has 1 aromatic heterocycles. The van der Waals surface area contributed by atoms with Crippen LogP contribution in [-0.2, 0) is 0 Å². The number of benzene rings is 1. The molecule has 0 fully saturated rings. The van der Waals surface area contributed by atoms with E-state index in [9.17, 15) is 0 Å². The van der Waals surface area contributed by atoms with Crippen molar-refractivity contribution in [3.63, 3.8) is 0 Å². The summed E-state index contributed by atoms with van der Waals surface area (Å²) in [5.41, 5.74) is 1.01. The number of halogens is 2. The van der Waals surface area contributed by atoms with Gasteiger partial charge < -0.3 is 0 Å². The first-order valence-corrected chi connectivity index (χ1v) is 18.6. The summed E-state index contributed by atoms with van der Waals surface area (Å²) in [6, 6.07) is 5.83. The van der Waals surface area contributed by atoms with Crippen LogP contribution in [0.5, 0.6) is 0 Å². The summed E-state index contributed by atoms with van der Waals surface area (Å²) in [4.78, 5) is 0. The predicted octanol–water partition coefficient (Wildman–Crippen LogP) is 6.74. The van der Waals surface area contributed by atoms with Crippen LogP contribution in [0, 0.1) is 0 Å². The van der Waals surface area contributed by atoms with Crippen LogP contribution < -0.4 is 3.71 Å². The van der Waals surface area contributed by atoms with Gasteiger partial charge in [0.05, 0.1) is 0 Å². The van der Waals surface area contributed by atoms with E-state index in [2.05, 4.69) is 48.1 Å². The Morgan fingerprint density at radius 3 is 2.08 bits per heavy atom. The molecule has 0 saturated heterocycles. The molecule has 0 N–H and O–H groups in total. The van der Waals surface area contributed by atoms with Crippen LogP contribution >= 0.6 is 27.5 Å². The molecule has 0 radical (unpaired) electrons. The third-order valence-corrected chi connectivity index (χ3v) is 21.1. The van der Waals surface area contributed by atoms with E-state index in [1.165, 1.54) is 55.5 Å². The number of nitrogens with zero attached hydrogens (tertiary/aromatic N) is 3. The third kappa shape index (κ3) is 5.71. The molecular weight excluding hydrogens is 516 g/mol. The first-order valence-electron chi connectivity index (χ1n) is 9.94. The number of aromatic nitrogens is 3. The first-order chi connectivity index (χ1) is 12.6. The average Bonchev–Trinajstić information content (AvgIpc) is 3.12. The van der Waals surface area contributed by atoms with E-state index in [-0.39, 0.29) is 0 Å². The van der Waals surface area contributed by atoms with Gasteiger partial charge in [0.25, 0.3) is 0 Å². The van der Waals surface area contributed by atoms with E-state index < -0.39 is 18.4 Å². The zero-order chi connectivity index (χ0) is 19.0.